The van der Waals surface area contributed by atoms with Crippen molar-refractivity contribution < 1.29 is 4.42 Å². The summed E-state index contributed by atoms with van der Waals surface area (Å²) in [6.45, 7) is 4.05. The van der Waals surface area contributed by atoms with Crippen LogP contribution in [-0.2, 0) is 19.2 Å². The highest BCUT2D eigenvalue weighted by atomic mass is 32.2. The van der Waals surface area contributed by atoms with Gasteiger partial charge < -0.3 is 8.98 Å². The number of rotatable bonds is 5. The standard InChI is InChI=1S/C15H17N5OS/c1-4-12-16-17-13(21-12)9-22-15-19-18-14(20(15)3)11-7-5-10(2)6-8-11/h5-8H,4,9H2,1-3H3. The van der Waals surface area contributed by atoms with Crippen molar-refractivity contribution in [1.29, 1.82) is 0 Å². The Balaban J connectivity index is 1.74. The van der Waals surface area contributed by atoms with Crippen LogP contribution in [0, 0.1) is 6.92 Å². The second-order valence-electron chi connectivity index (χ2n) is 4.96. The number of aryl methyl sites for hydroxylation is 2. The summed E-state index contributed by atoms with van der Waals surface area (Å²) in [6.07, 6.45) is 0.749. The lowest BCUT2D eigenvalue weighted by Gasteiger charge is -2.03. The van der Waals surface area contributed by atoms with E-state index in [2.05, 4.69) is 51.6 Å². The number of hydrogen-bond acceptors (Lipinski definition) is 6. The maximum Gasteiger partial charge on any atom is 0.226 e. The number of nitrogens with zero attached hydrogens (tertiary/aromatic N) is 5. The molecule has 0 saturated carbocycles. The Morgan fingerprint density at radius 3 is 2.45 bits per heavy atom. The second kappa shape index (κ2) is 6.31. The molecule has 3 aromatic rings. The van der Waals surface area contributed by atoms with E-state index in [1.54, 1.807) is 0 Å². The first-order valence-corrected chi connectivity index (χ1v) is 8.06. The molecule has 6 nitrogen and oxygen atoms in total. The Bertz CT molecular complexity index is 763. The molecule has 0 saturated heterocycles. The molecular formula is C15H17N5OS. The first-order valence-electron chi connectivity index (χ1n) is 7.08. The van der Waals surface area contributed by atoms with E-state index in [1.807, 2.05) is 18.5 Å². The predicted octanol–water partition coefficient (Wildman–Crippen LogP) is 3.03. The van der Waals surface area contributed by atoms with Crippen LogP contribution < -0.4 is 0 Å². The number of hydrogen-bond donors (Lipinski definition) is 0. The van der Waals surface area contributed by atoms with Gasteiger partial charge in [0.25, 0.3) is 0 Å². The minimum absolute atomic E-state index is 0.590. The fourth-order valence-corrected chi connectivity index (χ4v) is 2.76. The molecule has 3 rings (SSSR count). The summed E-state index contributed by atoms with van der Waals surface area (Å²) in [4.78, 5) is 0. The summed E-state index contributed by atoms with van der Waals surface area (Å²) in [5.74, 6) is 2.71. The molecule has 114 valence electrons. The monoisotopic (exact) mass is 315 g/mol. The van der Waals surface area contributed by atoms with Gasteiger partial charge in [0.05, 0.1) is 5.75 Å². The van der Waals surface area contributed by atoms with E-state index >= 15 is 0 Å². The molecule has 0 unspecified atom stereocenters. The zero-order chi connectivity index (χ0) is 15.5. The van der Waals surface area contributed by atoms with Gasteiger partial charge >= 0.3 is 0 Å². The van der Waals surface area contributed by atoms with Gasteiger partial charge in [-0.15, -0.1) is 20.4 Å². The number of aromatic nitrogens is 5. The van der Waals surface area contributed by atoms with E-state index in [0.29, 0.717) is 17.5 Å². The summed E-state index contributed by atoms with van der Waals surface area (Å²) >= 11 is 1.54. The van der Waals surface area contributed by atoms with Gasteiger partial charge in [-0.2, -0.15) is 0 Å². The van der Waals surface area contributed by atoms with Gasteiger partial charge in [-0.1, -0.05) is 48.5 Å². The van der Waals surface area contributed by atoms with Crippen LogP contribution in [0.1, 0.15) is 24.3 Å². The Hall–Kier alpha value is -2.15. The first kappa shape index (κ1) is 14.8. The van der Waals surface area contributed by atoms with Crippen LogP contribution in [0.3, 0.4) is 0 Å². The Labute approximate surface area is 133 Å². The molecule has 2 heterocycles. The SMILES string of the molecule is CCc1nnc(CSc2nnc(-c3ccc(C)cc3)n2C)o1. The highest BCUT2D eigenvalue weighted by Gasteiger charge is 2.13. The zero-order valence-electron chi connectivity index (χ0n) is 12.8. The Kier molecular flexibility index (Phi) is 4.24. The van der Waals surface area contributed by atoms with Crippen LogP contribution in [0.4, 0.5) is 0 Å². The van der Waals surface area contributed by atoms with E-state index in [0.717, 1.165) is 23.0 Å². The largest absolute Gasteiger partial charge is 0.424 e. The molecule has 0 aliphatic heterocycles. The smallest absolute Gasteiger partial charge is 0.226 e. The van der Waals surface area contributed by atoms with Gasteiger partial charge in [0.2, 0.25) is 11.8 Å². The lowest BCUT2D eigenvalue weighted by Crippen LogP contribution is -1.95. The van der Waals surface area contributed by atoms with E-state index < -0.39 is 0 Å². The molecule has 0 aliphatic rings. The molecule has 0 atom stereocenters. The van der Waals surface area contributed by atoms with Crippen LogP contribution in [0.2, 0.25) is 0 Å². The number of thioether (sulfide) groups is 1. The molecule has 0 radical (unpaired) electrons. The van der Waals surface area contributed by atoms with Crippen LogP contribution >= 0.6 is 11.8 Å². The van der Waals surface area contributed by atoms with Crippen molar-refractivity contribution in [3.05, 3.63) is 41.6 Å². The maximum atomic E-state index is 5.50. The van der Waals surface area contributed by atoms with Crippen molar-refractivity contribution in [2.45, 2.75) is 31.2 Å². The minimum Gasteiger partial charge on any atom is -0.424 e. The third-order valence-electron chi connectivity index (χ3n) is 3.28. The molecule has 1 aromatic carbocycles. The quantitative estimate of drug-likeness (QED) is 0.674. The van der Waals surface area contributed by atoms with Gasteiger partial charge in [0.15, 0.2) is 11.0 Å². The van der Waals surface area contributed by atoms with Crippen molar-refractivity contribution >= 4 is 11.8 Å². The summed E-state index contributed by atoms with van der Waals surface area (Å²) in [5.41, 5.74) is 2.28. The number of benzene rings is 1. The highest BCUT2D eigenvalue weighted by Crippen LogP contribution is 2.25. The van der Waals surface area contributed by atoms with E-state index in [4.69, 9.17) is 4.42 Å². The third kappa shape index (κ3) is 3.04. The molecule has 0 aliphatic carbocycles. The van der Waals surface area contributed by atoms with E-state index in [1.165, 1.54) is 17.3 Å². The van der Waals surface area contributed by atoms with Crippen LogP contribution in [0.25, 0.3) is 11.4 Å². The summed E-state index contributed by atoms with van der Waals surface area (Å²) in [6, 6.07) is 8.25. The van der Waals surface area contributed by atoms with Crippen molar-refractivity contribution in [2.24, 2.45) is 7.05 Å². The van der Waals surface area contributed by atoms with Crippen LogP contribution in [0.15, 0.2) is 33.8 Å². The highest BCUT2D eigenvalue weighted by molar-refractivity contribution is 7.98. The maximum absolute atomic E-state index is 5.50. The van der Waals surface area contributed by atoms with Crippen LogP contribution in [0.5, 0.6) is 0 Å². The van der Waals surface area contributed by atoms with E-state index in [-0.39, 0.29) is 0 Å². The fraction of sp³-hybridized carbons (Fsp3) is 0.333. The van der Waals surface area contributed by atoms with Gasteiger partial charge in [-0.25, -0.2) is 0 Å². The molecule has 2 aromatic heterocycles. The topological polar surface area (TPSA) is 69.6 Å². The fourth-order valence-electron chi connectivity index (χ4n) is 2.01. The van der Waals surface area contributed by atoms with E-state index in [9.17, 15) is 0 Å². The van der Waals surface area contributed by atoms with Gasteiger partial charge in [-0.3, -0.25) is 0 Å². The summed E-state index contributed by atoms with van der Waals surface area (Å²) in [5, 5.41) is 17.3. The normalized spacial score (nSPS) is 11.0. The minimum atomic E-state index is 0.590. The second-order valence-corrected chi connectivity index (χ2v) is 5.91. The van der Waals surface area contributed by atoms with Gasteiger partial charge in [-0.05, 0) is 6.92 Å². The zero-order valence-corrected chi connectivity index (χ0v) is 13.6. The predicted molar refractivity (Wildman–Crippen MR) is 84.4 cm³/mol. The summed E-state index contributed by atoms with van der Waals surface area (Å²) in [7, 11) is 1.96. The average molecular weight is 315 g/mol. The molecule has 0 spiro atoms. The molecule has 0 bridgehead atoms. The molecule has 22 heavy (non-hydrogen) atoms. The third-order valence-corrected chi connectivity index (χ3v) is 4.29. The van der Waals surface area contributed by atoms with Crippen molar-refractivity contribution in [3.63, 3.8) is 0 Å². The van der Waals surface area contributed by atoms with Gasteiger partial charge in [0, 0.05) is 19.0 Å². The Morgan fingerprint density at radius 2 is 1.77 bits per heavy atom. The first-order chi connectivity index (χ1) is 10.7. The van der Waals surface area contributed by atoms with Crippen LogP contribution in [-0.4, -0.2) is 25.0 Å². The molecule has 0 amide bonds. The lowest BCUT2D eigenvalue weighted by atomic mass is 10.1. The molecule has 7 heteroatoms. The lowest BCUT2D eigenvalue weighted by molar-refractivity contribution is 0.469. The average Bonchev–Trinajstić information content (AvgIpc) is 3.13. The Morgan fingerprint density at radius 1 is 1.05 bits per heavy atom. The van der Waals surface area contributed by atoms with Crippen molar-refractivity contribution in [3.8, 4) is 11.4 Å². The van der Waals surface area contributed by atoms with Crippen molar-refractivity contribution in [2.75, 3.05) is 0 Å². The summed E-state index contributed by atoms with van der Waals surface area (Å²) < 4.78 is 7.48. The molecule has 0 N–H and O–H groups in total. The van der Waals surface area contributed by atoms with Gasteiger partial charge in [0.1, 0.15) is 0 Å². The molecular weight excluding hydrogens is 298 g/mol. The van der Waals surface area contributed by atoms with Crippen molar-refractivity contribution in [1.82, 2.24) is 25.0 Å². The molecule has 0 fully saturated rings.